The number of hydrogen-bond acceptors (Lipinski definition) is 4. The predicted molar refractivity (Wildman–Crippen MR) is 59.9 cm³/mol. The lowest BCUT2D eigenvalue weighted by molar-refractivity contribution is -0.145. The lowest BCUT2D eigenvalue weighted by Crippen LogP contribution is -2.53. The van der Waals surface area contributed by atoms with Gasteiger partial charge in [-0.25, -0.2) is 0 Å². The van der Waals surface area contributed by atoms with E-state index in [9.17, 15) is 14.4 Å². The first kappa shape index (κ1) is 12.0. The molecule has 3 amide bonds. The highest BCUT2D eigenvalue weighted by Crippen LogP contribution is 2.15. The molecule has 0 aliphatic carbocycles. The molecule has 2 aliphatic rings. The molecule has 2 saturated heterocycles. The first-order valence-electron chi connectivity index (χ1n) is 5.96. The summed E-state index contributed by atoms with van der Waals surface area (Å²) in [6, 6.07) is 0. The number of piperazine rings is 1. The summed E-state index contributed by atoms with van der Waals surface area (Å²) in [6.07, 6.45) is 2.54. The fourth-order valence-corrected chi connectivity index (χ4v) is 2.29. The van der Waals surface area contributed by atoms with Crippen LogP contribution in [0.4, 0.5) is 0 Å². The summed E-state index contributed by atoms with van der Waals surface area (Å²) in [5.41, 5.74) is 0. The molecule has 0 aromatic rings. The molecule has 0 radical (unpaired) electrons. The lowest BCUT2D eigenvalue weighted by atomic mass is 9.95. The second-order valence-corrected chi connectivity index (χ2v) is 4.64. The van der Waals surface area contributed by atoms with Crippen LogP contribution in [0.2, 0.25) is 0 Å². The summed E-state index contributed by atoms with van der Waals surface area (Å²) in [7, 11) is 0. The molecule has 6 nitrogen and oxygen atoms in total. The molecule has 2 fully saturated rings. The molecule has 0 bridgehead atoms. The third-order valence-corrected chi connectivity index (χ3v) is 3.16. The Labute approximate surface area is 99.7 Å². The van der Waals surface area contributed by atoms with Gasteiger partial charge in [0.1, 0.15) is 13.1 Å². The summed E-state index contributed by atoms with van der Waals surface area (Å²) in [5, 5.41) is 5.43. The van der Waals surface area contributed by atoms with Gasteiger partial charge in [0.15, 0.2) is 0 Å². The van der Waals surface area contributed by atoms with E-state index in [1.807, 2.05) is 0 Å². The number of carbonyl (C=O) groups excluding carboxylic acids is 3. The first-order valence-corrected chi connectivity index (χ1v) is 5.96. The smallest absolute Gasteiger partial charge is 0.246 e. The standard InChI is InChI=1S/C11H17N3O3/c15-9-6-14(7-10(16)13-9)11(17)4-8-2-1-3-12-5-8/h8,12H,1-7H2,(H,13,15,16). The molecule has 94 valence electrons. The third kappa shape index (κ3) is 3.26. The van der Waals surface area contributed by atoms with Crippen molar-refractivity contribution in [1.82, 2.24) is 15.5 Å². The van der Waals surface area contributed by atoms with Crippen LogP contribution in [0.15, 0.2) is 0 Å². The molecule has 2 heterocycles. The van der Waals surface area contributed by atoms with Crippen molar-refractivity contribution in [2.24, 2.45) is 5.92 Å². The van der Waals surface area contributed by atoms with Gasteiger partial charge in [-0.15, -0.1) is 0 Å². The average Bonchev–Trinajstić information content (AvgIpc) is 2.29. The van der Waals surface area contributed by atoms with E-state index in [-0.39, 0.29) is 19.0 Å². The van der Waals surface area contributed by atoms with Crippen LogP contribution in [0.1, 0.15) is 19.3 Å². The second kappa shape index (κ2) is 5.27. The van der Waals surface area contributed by atoms with Crippen molar-refractivity contribution in [2.45, 2.75) is 19.3 Å². The Bertz CT molecular complexity index is 321. The number of nitrogens with zero attached hydrogens (tertiary/aromatic N) is 1. The lowest BCUT2D eigenvalue weighted by Gasteiger charge is -2.28. The van der Waals surface area contributed by atoms with E-state index in [1.165, 1.54) is 4.90 Å². The molecular formula is C11H17N3O3. The van der Waals surface area contributed by atoms with Crippen LogP contribution in [0.3, 0.4) is 0 Å². The van der Waals surface area contributed by atoms with Gasteiger partial charge in [-0.05, 0) is 31.8 Å². The average molecular weight is 239 g/mol. The molecule has 0 aromatic carbocycles. The van der Waals surface area contributed by atoms with Crippen molar-refractivity contribution in [2.75, 3.05) is 26.2 Å². The first-order chi connectivity index (χ1) is 8.15. The van der Waals surface area contributed by atoms with Crippen molar-refractivity contribution in [3.05, 3.63) is 0 Å². The Morgan fingerprint density at radius 2 is 2.00 bits per heavy atom. The van der Waals surface area contributed by atoms with E-state index in [2.05, 4.69) is 10.6 Å². The number of imide groups is 1. The van der Waals surface area contributed by atoms with E-state index in [4.69, 9.17) is 0 Å². The Hall–Kier alpha value is -1.43. The number of nitrogens with one attached hydrogen (secondary N) is 2. The minimum Gasteiger partial charge on any atom is -0.324 e. The van der Waals surface area contributed by atoms with E-state index in [1.54, 1.807) is 0 Å². The number of amides is 3. The van der Waals surface area contributed by atoms with Crippen LogP contribution >= 0.6 is 0 Å². The molecule has 0 aromatic heterocycles. The highest BCUT2D eigenvalue weighted by molar-refractivity contribution is 6.02. The van der Waals surface area contributed by atoms with Gasteiger partial charge in [-0.3, -0.25) is 19.7 Å². The molecule has 2 aliphatic heterocycles. The Kier molecular flexibility index (Phi) is 3.73. The molecular weight excluding hydrogens is 222 g/mol. The monoisotopic (exact) mass is 239 g/mol. The fraction of sp³-hybridized carbons (Fsp3) is 0.727. The molecule has 0 spiro atoms. The molecule has 1 atom stereocenters. The van der Waals surface area contributed by atoms with E-state index in [0.29, 0.717) is 12.3 Å². The van der Waals surface area contributed by atoms with Gasteiger partial charge >= 0.3 is 0 Å². The maximum absolute atomic E-state index is 11.9. The summed E-state index contributed by atoms with van der Waals surface area (Å²) in [6.45, 7) is 1.87. The molecule has 1 unspecified atom stereocenters. The topological polar surface area (TPSA) is 78.5 Å². The summed E-state index contributed by atoms with van der Waals surface area (Å²) in [4.78, 5) is 35.6. The van der Waals surface area contributed by atoms with Crippen LogP contribution in [0.25, 0.3) is 0 Å². The number of carbonyl (C=O) groups is 3. The van der Waals surface area contributed by atoms with E-state index >= 15 is 0 Å². The Morgan fingerprint density at radius 1 is 1.29 bits per heavy atom. The van der Waals surface area contributed by atoms with Gasteiger partial charge in [-0.2, -0.15) is 0 Å². The van der Waals surface area contributed by atoms with Crippen LogP contribution < -0.4 is 10.6 Å². The number of rotatable bonds is 2. The van der Waals surface area contributed by atoms with Crippen LogP contribution in [-0.2, 0) is 14.4 Å². The van der Waals surface area contributed by atoms with Gasteiger partial charge in [0.2, 0.25) is 17.7 Å². The highest BCUT2D eigenvalue weighted by Gasteiger charge is 2.28. The Balaban J connectivity index is 1.86. The van der Waals surface area contributed by atoms with Crippen molar-refractivity contribution in [3.8, 4) is 0 Å². The SMILES string of the molecule is O=C1CN(C(=O)CC2CCCNC2)CC(=O)N1. The Morgan fingerprint density at radius 3 is 2.59 bits per heavy atom. The van der Waals surface area contributed by atoms with Crippen molar-refractivity contribution < 1.29 is 14.4 Å². The summed E-state index contributed by atoms with van der Waals surface area (Å²) < 4.78 is 0. The fourth-order valence-electron chi connectivity index (χ4n) is 2.29. The van der Waals surface area contributed by atoms with Gasteiger partial charge in [0, 0.05) is 6.42 Å². The number of piperidine rings is 1. The van der Waals surface area contributed by atoms with Gasteiger partial charge in [0.05, 0.1) is 0 Å². The van der Waals surface area contributed by atoms with Crippen LogP contribution in [-0.4, -0.2) is 48.8 Å². The maximum atomic E-state index is 11.9. The predicted octanol–water partition coefficient (Wildman–Crippen LogP) is -1.14. The van der Waals surface area contributed by atoms with E-state index in [0.717, 1.165) is 25.9 Å². The van der Waals surface area contributed by atoms with Crippen LogP contribution in [0.5, 0.6) is 0 Å². The van der Waals surface area contributed by atoms with E-state index < -0.39 is 11.8 Å². The van der Waals surface area contributed by atoms with Crippen molar-refractivity contribution >= 4 is 17.7 Å². The van der Waals surface area contributed by atoms with Gasteiger partial charge < -0.3 is 10.2 Å². The zero-order valence-corrected chi connectivity index (χ0v) is 9.70. The van der Waals surface area contributed by atoms with Crippen LogP contribution in [0, 0.1) is 5.92 Å². The molecule has 0 saturated carbocycles. The van der Waals surface area contributed by atoms with Crippen molar-refractivity contribution in [3.63, 3.8) is 0 Å². The third-order valence-electron chi connectivity index (χ3n) is 3.16. The molecule has 17 heavy (non-hydrogen) atoms. The zero-order valence-electron chi connectivity index (χ0n) is 9.70. The zero-order chi connectivity index (χ0) is 12.3. The summed E-state index contributed by atoms with van der Waals surface area (Å²) in [5.74, 6) is -0.550. The van der Waals surface area contributed by atoms with Gasteiger partial charge in [-0.1, -0.05) is 0 Å². The number of hydrogen-bond donors (Lipinski definition) is 2. The largest absolute Gasteiger partial charge is 0.324 e. The normalized spacial score (nSPS) is 25.6. The molecule has 2 rings (SSSR count). The highest BCUT2D eigenvalue weighted by atomic mass is 16.2. The minimum absolute atomic E-state index is 0.00468. The summed E-state index contributed by atoms with van der Waals surface area (Å²) >= 11 is 0. The van der Waals surface area contributed by atoms with Crippen molar-refractivity contribution in [1.29, 1.82) is 0 Å². The minimum atomic E-state index is -0.392. The maximum Gasteiger partial charge on any atom is 0.246 e. The van der Waals surface area contributed by atoms with Gasteiger partial charge in [0.25, 0.3) is 0 Å². The quantitative estimate of drug-likeness (QED) is 0.597. The molecule has 2 N–H and O–H groups in total. The second-order valence-electron chi connectivity index (χ2n) is 4.64. The molecule has 6 heteroatoms.